The number of imidazole rings is 1. The molecule has 1 aromatic heterocycles. The SMILES string of the molecule is C[C@](N)(c1ccc(C#N)c(F)c1)c1cncn1CC(=O)NC1CCN(c2cccc3ccc(O)cc23)C1=O. The quantitative estimate of drug-likeness (QED) is 0.363. The summed E-state index contributed by atoms with van der Waals surface area (Å²) >= 11 is 0. The molecule has 5 rings (SSSR count). The van der Waals surface area contributed by atoms with Crippen molar-refractivity contribution >= 4 is 28.3 Å². The van der Waals surface area contributed by atoms with Gasteiger partial charge in [-0.25, -0.2) is 9.37 Å². The fraction of sp³-hybridized carbons (Fsp3) is 0.214. The third kappa shape index (κ3) is 4.44. The molecular weight excluding hydrogens is 487 g/mol. The molecule has 1 unspecified atom stereocenters. The molecule has 4 N–H and O–H groups in total. The molecule has 3 aromatic carbocycles. The van der Waals surface area contributed by atoms with E-state index >= 15 is 0 Å². The number of nitrogens with zero attached hydrogens (tertiary/aromatic N) is 4. The number of amides is 2. The largest absolute Gasteiger partial charge is 0.508 e. The fourth-order valence-corrected chi connectivity index (χ4v) is 4.88. The van der Waals surface area contributed by atoms with Gasteiger partial charge < -0.3 is 25.6 Å². The Labute approximate surface area is 217 Å². The smallest absolute Gasteiger partial charge is 0.249 e. The van der Waals surface area contributed by atoms with Crippen LogP contribution < -0.4 is 16.0 Å². The minimum atomic E-state index is -1.20. The summed E-state index contributed by atoms with van der Waals surface area (Å²) in [5.74, 6) is -1.22. The van der Waals surface area contributed by atoms with Crippen LogP contribution in [0.25, 0.3) is 10.8 Å². The zero-order chi connectivity index (χ0) is 27.0. The highest BCUT2D eigenvalue weighted by molar-refractivity contribution is 6.08. The van der Waals surface area contributed by atoms with E-state index in [-0.39, 0.29) is 23.8 Å². The number of aromatic nitrogens is 2. The maximum Gasteiger partial charge on any atom is 0.249 e. The molecule has 0 spiro atoms. The van der Waals surface area contributed by atoms with Crippen LogP contribution in [0.2, 0.25) is 0 Å². The minimum Gasteiger partial charge on any atom is -0.508 e. The van der Waals surface area contributed by atoms with Crippen LogP contribution in [0.3, 0.4) is 0 Å². The van der Waals surface area contributed by atoms with Crippen LogP contribution in [0.4, 0.5) is 10.1 Å². The average Bonchev–Trinajstić information content (AvgIpc) is 3.50. The number of rotatable bonds is 6. The Kier molecular flexibility index (Phi) is 6.30. The van der Waals surface area contributed by atoms with E-state index in [1.165, 1.54) is 24.7 Å². The fourth-order valence-electron chi connectivity index (χ4n) is 4.88. The molecule has 1 saturated heterocycles. The second-order valence-electron chi connectivity index (χ2n) is 9.50. The highest BCUT2D eigenvalue weighted by Crippen LogP contribution is 2.32. The molecule has 0 radical (unpaired) electrons. The molecule has 2 heterocycles. The van der Waals surface area contributed by atoms with Crippen molar-refractivity contribution in [1.82, 2.24) is 14.9 Å². The number of nitrogens with two attached hydrogens (primary N) is 1. The van der Waals surface area contributed by atoms with Crippen molar-refractivity contribution in [3.05, 3.63) is 89.8 Å². The summed E-state index contributed by atoms with van der Waals surface area (Å²) in [5, 5.41) is 23.4. The van der Waals surface area contributed by atoms with E-state index in [0.717, 1.165) is 10.8 Å². The van der Waals surface area contributed by atoms with Crippen molar-refractivity contribution in [2.24, 2.45) is 5.73 Å². The molecule has 4 aromatic rings. The predicted molar refractivity (Wildman–Crippen MR) is 138 cm³/mol. The van der Waals surface area contributed by atoms with Crippen LogP contribution in [-0.4, -0.2) is 39.1 Å². The van der Waals surface area contributed by atoms with Crippen molar-refractivity contribution in [2.75, 3.05) is 11.4 Å². The highest BCUT2D eigenvalue weighted by atomic mass is 19.1. The van der Waals surface area contributed by atoms with E-state index in [1.54, 1.807) is 46.7 Å². The standard InChI is InChI=1S/C28H25FN6O3/c1-28(31,19-7-5-18(13-30)22(29)11-19)25-14-32-16-34(25)15-26(37)33-23-9-10-35(27(23)38)24-4-2-3-17-6-8-20(36)12-21(17)24/h2-8,11-12,14,16,23,36H,9-10,15,31H2,1H3,(H,33,37)/t23?,28-/m0/s1. The van der Waals surface area contributed by atoms with Gasteiger partial charge in [0.25, 0.3) is 0 Å². The lowest BCUT2D eigenvalue weighted by molar-refractivity contribution is -0.126. The third-order valence-corrected chi connectivity index (χ3v) is 6.92. The number of phenolic OH excluding ortho intramolecular Hbond substituents is 1. The van der Waals surface area contributed by atoms with Crippen LogP contribution in [0.5, 0.6) is 5.75 Å². The molecule has 192 valence electrons. The number of hydrogen-bond acceptors (Lipinski definition) is 6. The summed E-state index contributed by atoms with van der Waals surface area (Å²) in [4.78, 5) is 31.9. The van der Waals surface area contributed by atoms with Gasteiger partial charge in [0.15, 0.2) is 0 Å². The van der Waals surface area contributed by atoms with Crippen molar-refractivity contribution in [2.45, 2.75) is 31.5 Å². The van der Waals surface area contributed by atoms with Gasteiger partial charge in [-0.1, -0.05) is 24.3 Å². The van der Waals surface area contributed by atoms with Crippen molar-refractivity contribution < 1.29 is 19.1 Å². The number of hydrogen-bond donors (Lipinski definition) is 3. The zero-order valence-corrected chi connectivity index (χ0v) is 20.6. The molecular formula is C28H25FN6O3. The van der Waals surface area contributed by atoms with E-state index in [4.69, 9.17) is 11.0 Å². The second-order valence-corrected chi connectivity index (χ2v) is 9.50. The van der Waals surface area contributed by atoms with E-state index in [0.29, 0.717) is 29.9 Å². The Morgan fingerprint density at radius 2 is 2.11 bits per heavy atom. The van der Waals surface area contributed by atoms with Gasteiger partial charge in [-0.05, 0) is 54.6 Å². The minimum absolute atomic E-state index is 0.0898. The highest BCUT2D eigenvalue weighted by Gasteiger charge is 2.35. The van der Waals surface area contributed by atoms with E-state index in [9.17, 15) is 19.1 Å². The van der Waals surface area contributed by atoms with Crippen LogP contribution in [0, 0.1) is 17.1 Å². The number of nitriles is 1. The lowest BCUT2D eigenvalue weighted by Crippen LogP contribution is -2.43. The molecule has 2 amide bonds. The maximum absolute atomic E-state index is 14.2. The van der Waals surface area contributed by atoms with E-state index in [2.05, 4.69) is 10.3 Å². The lowest BCUT2D eigenvalue weighted by Gasteiger charge is -2.27. The maximum atomic E-state index is 14.2. The Morgan fingerprint density at radius 1 is 1.29 bits per heavy atom. The Balaban J connectivity index is 1.31. The number of carbonyl (C=O) groups is 2. The normalized spacial score (nSPS) is 16.8. The molecule has 1 fully saturated rings. The molecule has 2 atom stereocenters. The van der Waals surface area contributed by atoms with Gasteiger partial charge in [0.1, 0.15) is 30.2 Å². The van der Waals surface area contributed by atoms with Gasteiger partial charge in [0.05, 0.1) is 35.0 Å². The van der Waals surface area contributed by atoms with E-state index < -0.39 is 23.3 Å². The molecule has 9 nitrogen and oxygen atoms in total. The number of fused-ring (bicyclic) bond motifs is 1. The van der Waals surface area contributed by atoms with Gasteiger partial charge in [-0.2, -0.15) is 5.26 Å². The summed E-state index contributed by atoms with van der Waals surface area (Å²) in [6, 6.07) is 15.8. The summed E-state index contributed by atoms with van der Waals surface area (Å²) in [5.41, 5.74) is 6.80. The average molecular weight is 513 g/mol. The van der Waals surface area contributed by atoms with E-state index in [1.807, 2.05) is 18.2 Å². The van der Waals surface area contributed by atoms with Gasteiger partial charge >= 0.3 is 0 Å². The Morgan fingerprint density at radius 3 is 2.87 bits per heavy atom. The van der Waals surface area contributed by atoms with Gasteiger partial charge in [0, 0.05) is 11.9 Å². The van der Waals surface area contributed by atoms with Gasteiger partial charge in [-0.3, -0.25) is 9.59 Å². The first-order chi connectivity index (χ1) is 18.2. The summed E-state index contributed by atoms with van der Waals surface area (Å²) in [6.45, 7) is 1.94. The monoisotopic (exact) mass is 512 g/mol. The number of aromatic hydroxyl groups is 1. The molecule has 0 saturated carbocycles. The number of anilines is 1. The number of phenols is 1. The van der Waals surface area contributed by atoms with Crippen LogP contribution in [0.15, 0.2) is 67.1 Å². The van der Waals surface area contributed by atoms with Crippen LogP contribution in [-0.2, 0) is 21.7 Å². The first-order valence-electron chi connectivity index (χ1n) is 12.0. The first kappa shape index (κ1) is 24.9. The predicted octanol–water partition coefficient (Wildman–Crippen LogP) is 2.90. The van der Waals surface area contributed by atoms with Crippen LogP contribution >= 0.6 is 0 Å². The Hall–Kier alpha value is -4.75. The molecule has 10 heteroatoms. The number of nitrogens with one attached hydrogen (secondary N) is 1. The molecule has 1 aliphatic heterocycles. The summed E-state index contributed by atoms with van der Waals surface area (Å²) in [7, 11) is 0. The molecule has 0 bridgehead atoms. The molecule has 38 heavy (non-hydrogen) atoms. The van der Waals surface area contributed by atoms with Gasteiger partial charge in [-0.15, -0.1) is 0 Å². The van der Waals surface area contributed by atoms with Crippen molar-refractivity contribution in [3.63, 3.8) is 0 Å². The number of carbonyl (C=O) groups excluding carboxylic acids is 2. The number of benzene rings is 3. The summed E-state index contributed by atoms with van der Waals surface area (Å²) < 4.78 is 15.8. The van der Waals surface area contributed by atoms with Crippen molar-refractivity contribution in [1.29, 1.82) is 5.26 Å². The topological polar surface area (TPSA) is 137 Å². The molecule has 0 aliphatic carbocycles. The zero-order valence-electron chi connectivity index (χ0n) is 20.6. The lowest BCUT2D eigenvalue weighted by atomic mass is 9.89. The van der Waals surface area contributed by atoms with Crippen molar-refractivity contribution in [3.8, 4) is 11.8 Å². The number of halogens is 1. The third-order valence-electron chi connectivity index (χ3n) is 6.92. The summed E-state index contributed by atoms with van der Waals surface area (Å²) in [6.07, 6.45) is 3.38. The first-order valence-corrected chi connectivity index (χ1v) is 12.0. The van der Waals surface area contributed by atoms with Gasteiger partial charge in [0.2, 0.25) is 11.8 Å². The molecule has 1 aliphatic rings. The Bertz CT molecular complexity index is 1610. The van der Waals surface area contributed by atoms with Crippen LogP contribution in [0.1, 0.15) is 30.2 Å². The second kappa shape index (κ2) is 9.61.